The molecule has 2 heterocycles. The highest BCUT2D eigenvalue weighted by Gasteiger charge is 2.49. The van der Waals surface area contributed by atoms with Crippen LogP contribution in [0.25, 0.3) is 0 Å². The average Bonchev–Trinajstić information content (AvgIpc) is 2.67. The highest BCUT2D eigenvalue weighted by atomic mass is 16.5. The molecule has 1 aliphatic rings. The number of nitrogens with zero attached hydrogens (tertiary/aromatic N) is 1. The molecule has 1 aromatic rings. The van der Waals surface area contributed by atoms with Crippen molar-refractivity contribution in [3.63, 3.8) is 0 Å². The minimum Gasteiger partial charge on any atom is -0.350 e. The first-order valence-electron chi connectivity index (χ1n) is 7.01. The van der Waals surface area contributed by atoms with Crippen molar-refractivity contribution in [3.8, 4) is 0 Å². The van der Waals surface area contributed by atoms with E-state index in [0.717, 1.165) is 6.42 Å². The highest BCUT2D eigenvalue weighted by Crippen LogP contribution is 2.42. The molecule has 1 fully saturated rings. The lowest BCUT2D eigenvalue weighted by atomic mass is 9.85. The van der Waals surface area contributed by atoms with Crippen LogP contribution in [0.5, 0.6) is 0 Å². The summed E-state index contributed by atoms with van der Waals surface area (Å²) in [6.07, 6.45) is 2.02. The van der Waals surface area contributed by atoms with Gasteiger partial charge in [-0.3, -0.25) is 14.3 Å². The molecule has 112 valence electrons. The van der Waals surface area contributed by atoms with Crippen LogP contribution in [-0.4, -0.2) is 28.2 Å². The van der Waals surface area contributed by atoms with Crippen molar-refractivity contribution in [3.05, 3.63) is 32.6 Å². The van der Waals surface area contributed by atoms with Gasteiger partial charge in [0.05, 0.1) is 11.6 Å². The van der Waals surface area contributed by atoms with Gasteiger partial charge in [-0.05, 0) is 27.3 Å². The van der Waals surface area contributed by atoms with Crippen LogP contribution in [0.4, 0.5) is 0 Å². The number of nitrogens with one attached hydrogen (secondary N) is 2. The van der Waals surface area contributed by atoms with E-state index in [0.29, 0.717) is 5.56 Å². The van der Waals surface area contributed by atoms with Gasteiger partial charge in [0, 0.05) is 17.7 Å². The molecule has 0 amide bonds. The number of aryl methyl sites for hydroxylation is 1. The summed E-state index contributed by atoms with van der Waals surface area (Å²) in [7, 11) is 1.86. The van der Waals surface area contributed by atoms with E-state index in [1.807, 2.05) is 7.05 Å². The van der Waals surface area contributed by atoms with Crippen molar-refractivity contribution in [2.45, 2.75) is 52.0 Å². The van der Waals surface area contributed by atoms with Gasteiger partial charge in [0.1, 0.15) is 0 Å². The lowest BCUT2D eigenvalue weighted by molar-refractivity contribution is -0.0772. The second kappa shape index (κ2) is 5.18. The number of hydrogen-bond acceptors (Lipinski definition) is 4. The maximum Gasteiger partial charge on any atom is 0.330 e. The fraction of sp³-hybridized carbons (Fsp3) is 0.714. The van der Waals surface area contributed by atoms with E-state index in [9.17, 15) is 9.59 Å². The van der Waals surface area contributed by atoms with Crippen LogP contribution in [0.15, 0.2) is 15.8 Å². The Bertz CT molecular complexity index is 606. The Morgan fingerprint density at radius 1 is 1.50 bits per heavy atom. The maximum atomic E-state index is 12.0. The molecule has 6 nitrogen and oxygen atoms in total. The first kappa shape index (κ1) is 15.0. The molecule has 4 atom stereocenters. The number of rotatable bonds is 3. The lowest BCUT2D eigenvalue weighted by Crippen LogP contribution is -2.42. The largest absolute Gasteiger partial charge is 0.350 e. The third-order valence-electron chi connectivity index (χ3n) is 4.65. The zero-order valence-electron chi connectivity index (χ0n) is 12.7. The average molecular weight is 281 g/mol. The molecule has 0 spiro atoms. The van der Waals surface area contributed by atoms with Crippen molar-refractivity contribution in [1.82, 2.24) is 14.9 Å². The Balaban J connectivity index is 2.50. The number of aromatic nitrogens is 2. The van der Waals surface area contributed by atoms with Crippen LogP contribution in [0.1, 0.15) is 39.0 Å². The number of H-pyrrole nitrogens is 1. The van der Waals surface area contributed by atoms with E-state index in [2.05, 4.69) is 31.1 Å². The summed E-state index contributed by atoms with van der Waals surface area (Å²) in [6, 6.07) is 0.0166. The predicted molar refractivity (Wildman–Crippen MR) is 76.9 cm³/mol. The Labute approximate surface area is 118 Å². The van der Waals surface area contributed by atoms with E-state index >= 15 is 0 Å². The third-order valence-corrected chi connectivity index (χ3v) is 4.65. The first-order valence-corrected chi connectivity index (χ1v) is 7.01. The molecule has 2 rings (SSSR count). The second-order valence-electron chi connectivity index (χ2n) is 5.76. The summed E-state index contributed by atoms with van der Waals surface area (Å²) >= 11 is 0. The number of hydrogen-bond donors (Lipinski definition) is 2. The minimum atomic E-state index is -0.432. The van der Waals surface area contributed by atoms with Gasteiger partial charge in [-0.15, -0.1) is 0 Å². The lowest BCUT2D eigenvalue weighted by Gasteiger charge is -2.27. The quantitative estimate of drug-likeness (QED) is 0.858. The number of ether oxygens (including phenoxy) is 1. The molecule has 6 heteroatoms. The molecule has 1 saturated heterocycles. The zero-order valence-corrected chi connectivity index (χ0v) is 12.7. The van der Waals surface area contributed by atoms with E-state index < -0.39 is 11.9 Å². The van der Waals surface area contributed by atoms with Crippen LogP contribution in [-0.2, 0) is 4.74 Å². The van der Waals surface area contributed by atoms with Crippen molar-refractivity contribution in [1.29, 1.82) is 0 Å². The summed E-state index contributed by atoms with van der Waals surface area (Å²) in [6.45, 7) is 7.94. The predicted octanol–water partition coefficient (Wildman–Crippen LogP) is 0.767. The van der Waals surface area contributed by atoms with Crippen molar-refractivity contribution < 1.29 is 4.74 Å². The zero-order chi connectivity index (χ0) is 15.1. The van der Waals surface area contributed by atoms with E-state index in [1.54, 1.807) is 13.1 Å². The van der Waals surface area contributed by atoms with Crippen molar-refractivity contribution >= 4 is 0 Å². The molecule has 0 aromatic carbocycles. The van der Waals surface area contributed by atoms with Crippen molar-refractivity contribution in [2.75, 3.05) is 7.05 Å². The smallest absolute Gasteiger partial charge is 0.330 e. The Morgan fingerprint density at radius 3 is 2.70 bits per heavy atom. The number of likely N-dealkylation sites (N-methyl/N-ethyl adjacent to an activating group) is 1. The van der Waals surface area contributed by atoms with Gasteiger partial charge in [0.2, 0.25) is 0 Å². The summed E-state index contributed by atoms with van der Waals surface area (Å²) in [5, 5.41) is 3.24. The Hall–Kier alpha value is -1.40. The topological polar surface area (TPSA) is 76.1 Å². The molecule has 0 radical (unpaired) electrons. The SMILES string of the molecule is CC[C@@]1(C)O[C@@H](n2cc(C)c(=O)[nH]c2=O)[C@H](NC)[C@@H]1C. The first-order chi connectivity index (χ1) is 9.34. The maximum absolute atomic E-state index is 12.0. The van der Waals surface area contributed by atoms with Crippen LogP contribution in [0, 0.1) is 12.8 Å². The van der Waals surface area contributed by atoms with Gasteiger partial charge in [-0.25, -0.2) is 4.79 Å². The van der Waals surface area contributed by atoms with Gasteiger partial charge < -0.3 is 10.1 Å². The molecule has 1 aromatic heterocycles. The Morgan fingerprint density at radius 2 is 2.15 bits per heavy atom. The molecule has 0 aliphatic carbocycles. The molecular formula is C14H23N3O3. The van der Waals surface area contributed by atoms with Crippen LogP contribution >= 0.6 is 0 Å². The highest BCUT2D eigenvalue weighted by molar-refractivity contribution is 5.05. The number of aromatic amines is 1. The molecular weight excluding hydrogens is 258 g/mol. The van der Waals surface area contributed by atoms with E-state index in [1.165, 1.54) is 4.57 Å². The van der Waals surface area contributed by atoms with Crippen LogP contribution in [0.2, 0.25) is 0 Å². The van der Waals surface area contributed by atoms with Gasteiger partial charge in [0.25, 0.3) is 5.56 Å². The van der Waals surface area contributed by atoms with Crippen LogP contribution in [0.3, 0.4) is 0 Å². The summed E-state index contributed by atoms with van der Waals surface area (Å²) in [4.78, 5) is 25.9. The molecule has 1 aliphatic heterocycles. The molecule has 20 heavy (non-hydrogen) atoms. The standard InChI is InChI=1S/C14H23N3O3/c1-6-14(4)9(3)10(15-5)12(20-14)17-7-8(2)11(18)16-13(17)19/h7,9-10,12,15H,6H2,1-5H3,(H,16,18,19)/t9-,10+,12+,14+/m0/s1. The molecule has 0 saturated carbocycles. The van der Waals surface area contributed by atoms with Gasteiger partial charge in [0.15, 0.2) is 6.23 Å². The van der Waals surface area contributed by atoms with Crippen molar-refractivity contribution in [2.24, 2.45) is 5.92 Å². The van der Waals surface area contributed by atoms with Crippen LogP contribution < -0.4 is 16.6 Å². The van der Waals surface area contributed by atoms with E-state index in [-0.39, 0.29) is 23.1 Å². The summed E-state index contributed by atoms with van der Waals surface area (Å²) in [5.74, 6) is 0.252. The molecule has 0 unspecified atom stereocenters. The third kappa shape index (κ3) is 2.23. The molecule has 0 bridgehead atoms. The Kier molecular flexibility index (Phi) is 3.88. The summed E-state index contributed by atoms with van der Waals surface area (Å²) < 4.78 is 7.64. The monoisotopic (exact) mass is 281 g/mol. The van der Waals surface area contributed by atoms with E-state index in [4.69, 9.17) is 4.74 Å². The normalized spacial score (nSPS) is 33.5. The van der Waals surface area contributed by atoms with Gasteiger partial charge in [-0.2, -0.15) is 0 Å². The summed E-state index contributed by atoms with van der Waals surface area (Å²) in [5.41, 5.74) is -0.572. The molecule has 2 N–H and O–H groups in total. The van der Waals surface area contributed by atoms with Gasteiger partial charge >= 0.3 is 5.69 Å². The fourth-order valence-corrected chi connectivity index (χ4v) is 2.89. The fourth-order valence-electron chi connectivity index (χ4n) is 2.89. The minimum absolute atomic E-state index is 0.0166. The second-order valence-corrected chi connectivity index (χ2v) is 5.76. The van der Waals surface area contributed by atoms with Gasteiger partial charge in [-0.1, -0.05) is 13.8 Å².